The minimum absolute atomic E-state index is 0.150. The van der Waals surface area contributed by atoms with E-state index in [1.807, 2.05) is 0 Å². The maximum Gasteiger partial charge on any atom is 0.253 e. The number of hydrogen-bond acceptors (Lipinski definition) is 3. The Morgan fingerprint density at radius 3 is 2.19 bits per heavy atom. The maximum absolute atomic E-state index is 13.8. The van der Waals surface area contributed by atoms with E-state index in [-0.39, 0.29) is 23.0 Å². The molecule has 0 spiro atoms. The van der Waals surface area contributed by atoms with Crippen LogP contribution in [0.5, 0.6) is 0 Å². The van der Waals surface area contributed by atoms with Gasteiger partial charge in [-0.2, -0.15) is 0 Å². The largest absolute Gasteiger partial charge is 0.340 e. The van der Waals surface area contributed by atoms with Crippen LogP contribution < -0.4 is 10.6 Å². The number of nitrogens with one attached hydrogen (secondary N) is 2. The number of para-hydroxylation sites is 1. The van der Waals surface area contributed by atoms with Crippen LogP contribution in [0.15, 0.2) is 42.5 Å². The summed E-state index contributed by atoms with van der Waals surface area (Å²) in [6.07, 6.45) is 0. The van der Waals surface area contributed by atoms with Gasteiger partial charge in [-0.25, -0.2) is 8.78 Å². The number of halogens is 3. The third-order valence-electron chi connectivity index (χ3n) is 4.59. The van der Waals surface area contributed by atoms with Gasteiger partial charge in [-0.3, -0.25) is 14.4 Å². The number of likely N-dealkylation sites (N-methyl/N-ethyl adjacent to an activating group) is 1. The Balaban J connectivity index is 2.12. The van der Waals surface area contributed by atoms with Crippen molar-refractivity contribution in [3.05, 3.63) is 64.7 Å². The van der Waals surface area contributed by atoms with Crippen molar-refractivity contribution >= 4 is 35.0 Å². The second kappa shape index (κ2) is 10.9. The summed E-state index contributed by atoms with van der Waals surface area (Å²) >= 11 is 6.05. The minimum Gasteiger partial charge on any atom is -0.340 e. The lowest BCUT2D eigenvalue weighted by molar-refractivity contribution is -0.137. The number of anilines is 1. The third kappa shape index (κ3) is 6.24. The highest BCUT2D eigenvalue weighted by Crippen LogP contribution is 2.18. The van der Waals surface area contributed by atoms with Crippen molar-refractivity contribution in [2.45, 2.75) is 26.8 Å². The topological polar surface area (TPSA) is 78.5 Å². The molecule has 0 aliphatic rings. The van der Waals surface area contributed by atoms with Gasteiger partial charge in [0.1, 0.15) is 23.4 Å². The number of hydrogen-bond donors (Lipinski definition) is 2. The van der Waals surface area contributed by atoms with Crippen LogP contribution in [0.3, 0.4) is 0 Å². The Morgan fingerprint density at radius 2 is 1.65 bits per heavy atom. The molecule has 166 valence electrons. The summed E-state index contributed by atoms with van der Waals surface area (Å²) in [6, 6.07) is 8.71. The first kappa shape index (κ1) is 24.3. The predicted molar refractivity (Wildman–Crippen MR) is 115 cm³/mol. The van der Waals surface area contributed by atoms with Crippen LogP contribution in [-0.4, -0.2) is 41.8 Å². The van der Waals surface area contributed by atoms with Gasteiger partial charge in [0.15, 0.2) is 0 Å². The highest BCUT2D eigenvalue weighted by Gasteiger charge is 2.30. The van der Waals surface area contributed by atoms with Crippen molar-refractivity contribution in [3.63, 3.8) is 0 Å². The number of benzene rings is 2. The molecular weight excluding hydrogens is 428 g/mol. The van der Waals surface area contributed by atoms with Crippen LogP contribution in [0.25, 0.3) is 0 Å². The highest BCUT2D eigenvalue weighted by atomic mass is 35.5. The summed E-state index contributed by atoms with van der Waals surface area (Å²) in [5.74, 6) is -3.92. The van der Waals surface area contributed by atoms with Crippen molar-refractivity contribution in [2.24, 2.45) is 5.92 Å². The Kier molecular flexibility index (Phi) is 8.50. The van der Waals surface area contributed by atoms with Crippen molar-refractivity contribution in [1.29, 1.82) is 0 Å². The van der Waals surface area contributed by atoms with Crippen LogP contribution in [0.2, 0.25) is 5.02 Å². The molecule has 0 aliphatic heterocycles. The van der Waals surface area contributed by atoms with Crippen LogP contribution in [-0.2, 0) is 9.59 Å². The average molecular weight is 452 g/mol. The lowest BCUT2D eigenvalue weighted by Gasteiger charge is -2.28. The molecule has 1 atom stereocenters. The number of carbonyl (C=O) groups excluding carboxylic acids is 3. The van der Waals surface area contributed by atoms with Crippen LogP contribution >= 0.6 is 11.6 Å². The molecule has 0 heterocycles. The van der Waals surface area contributed by atoms with E-state index >= 15 is 0 Å². The number of amides is 3. The van der Waals surface area contributed by atoms with Gasteiger partial charge in [0.2, 0.25) is 11.8 Å². The molecule has 2 rings (SSSR count). The molecule has 3 amide bonds. The molecule has 0 fully saturated rings. The Bertz CT molecular complexity index is 949. The molecule has 2 aromatic carbocycles. The second-order valence-corrected chi connectivity index (χ2v) is 7.58. The zero-order valence-electron chi connectivity index (χ0n) is 17.4. The normalized spacial score (nSPS) is 11.7. The van der Waals surface area contributed by atoms with E-state index in [1.54, 1.807) is 39.0 Å². The van der Waals surface area contributed by atoms with Crippen molar-refractivity contribution in [1.82, 2.24) is 10.2 Å². The van der Waals surface area contributed by atoms with Crippen LogP contribution in [0.1, 0.15) is 31.1 Å². The fraction of sp³-hybridized carbons (Fsp3) is 0.318. The first-order valence-corrected chi connectivity index (χ1v) is 10.1. The van der Waals surface area contributed by atoms with Gasteiger partial charge < -0.3 is 15.5 Å². The van der Waals surface area contributed by atoms with Crippen molar-refractivity contribution in [3.8, 4) is 0 Å². The molecule has 2 aromatic rings. The molecule has 6 nitrogen and oxygen atoms in total. The van der Waals surface area contributed by atoms with Gasteiger partial charge in [-0.05, 0) is 37.1 Å². The Hall–Kier alpha value is -3.00. The molecule has 0 saturated carbocycles. The first-order chi connectivity index (χ1) is 14.6. The van der Waals surface area contributed by atoms with Crippen LogP contribution in [0, 0.1) is 17.6 Å². The van der Waals surface area contributed by atoms with Crippen molar-refractivity contribution < 1.29 is 23.2 Å². The van der Waals surface area contributed by atoms with Gasteiger partial charge in [0.05, 0.1) is 17.1 Å². The van der Waals surface area contributed by atoms with Crippen molar-refractivity contribution in [2.75, 3.05) is 18.4 Å². The molecule has 1 unspecified atom stereocenters. The highest BCUT2D eigenvalue weighted by molar-refractivity contribution is 6.33. The molecule has 0 bridgehead atoms. The Labute approximate surface area is 184 Å². The maximum atomic E-state index is 13.8. The zero-order chi connectivity index (χ0) is 23.1. The monoisotopic (exact) mass is 451 g/mol. The summed E-state index contributed by atoms with van der Waals surface area (Å²) in [4.78, 5) is 39.2. The third-order valence-corrected chi connectivity index (χ3v) is 4.92. The number of nitrogens with zero attached hydrogens (tertiary/aromatic N) is 1. The second-order valence-electron chi connectivity index (χ2n) is 7.17. The lowest BCUT2D eigenvalue weighted by Crippen LogP contribution is -2.52. The zero-order valence-corrected chi connectivity index (χ0v) is 18.2. The van der Waals surface area contributed by atoms with Gasteiger partial charge in [0.25, 0.3) is 5.91 Å². The standard InChI is InChI=1S/C22H24ClF2N3O3/c1-4-28(12-18(29)26-20-16(24)10-7-11-17(20)25)22(31)19(13(2)3)27-21(30)14-8-5-6-9-15(14)23/h5-11,13,19H,4,12H2,1-3H3,(H,26,29)(H,27,30). The van der Waals surface area contributed by atoms with E-state index < -0.39 is 47.6 Å². The van der Waals surface area contributed by atoms with Gasteiger partial charge in [-0.1, -0.05) is 43.6 Å². The number of rotatable bonds is 8. The Morgan fingerprint density at radius 1 is 1.03 bits per heavy atom. The van der Waals surface area contributed by atoms with E-state index in [1.165, 1.54) is 17.0 Å². The minimum atomic E-state index is -0.929. The van der Waals surface area contributed by atoms with Gasteiger partial charge in [0, 0.05) is 6.54 Å². The molecule has 2 N–H and O–H groups in total. The van der Waals surface area contributed by atoms with Crippen LogP contribution in [0.4, 0.5) is 14.5 Å². The van der Waals surface area contributed by atoms with E-state index in [0.29, 0.717) is 0 Å². The molecule has 9 heteroatoms. The lowest BCUT2D eigenvalue weighted by atomic mass is 10.0. The predicted octanol–water partition coefficient (Wildman–Crippen LogP) is 3.86. The molecular formula is C22H24ClF2N3O3. The smallest absolute Gasteiger partial charge is 0.253 e. The summed E-state index contributed by atoms with van der Waals surface area (Å²) in [6.45, 7) is 4.86. The van der Waals surface area contributed by atoms with E-state index in [0.717, 1.165) is 12.1 Å². The molecule has 31 heavy (non-hydrogen) atoms. The molecule has 0 radical (unpaired) electrons. The summed E-state index contributed by atoms with van der Waals surface area (Å²) in [5, 5.41) is 5.06. The van der Waals surface area contributed by atoms with E-state index in [9.17, 15) is 23.2 Å². The SMILES string of the molecule is CCN(CC(=O)Nc1c(F)cccc1F)C(=O)C(NC(=O)c1ccccc1Cl)C(C)C. The van der Waals surface area contributed by atoms with Gasteiger partial charge in [-0.15, -0.1) is 0 Å². The first-order valence-electron chi connectivity index (χ1n) is 9.73. The quantitative estimate of drug-likeness (QED) is 0.639. The molecule has 0 saturated heterocycles. The molecule has 0 aromatic heterocycles. The fourth-order valence-corrected chi connectivity index (χ4v) is 3.11. The van der Waals surface area contributed by atoms with E-state index in [2.05, 4.69) is 10.6 Å². The number of carbonyl (C=O) groups is 3. The van der Waals surface area contributed by atoms with E-state index in [4.69, 9.17) is 11.6 Å². The summed E-state index contributed by atoms with van der Waals surface area (Å²) < 4.78 is 27.5. The summed E-state index contributed by atoms with van der Waals surface area (Å²) in [7, 11) is 0. The van der Waals surface area contributed by atoms with Gasteiger partial charge >= 0.3 is 0 Å². The fourth-order valence-electron chi connectivity index (χ4n) is 2.89. The molecule has 0 aliphatic carbocycles. The summed E-state index contributed by atoms with van der Waals surface area (Å²) in [5.41, 5.74) is -0.359. The average Bonchev–Trinajstić information content (AvgIpc) is 2.72.